The lowest BCUT2D eigenvalue weighted by atomic mass is 10.2. The number of anilines is 1. The third-order valence-corrected chi connectivity index (χ3v) is 5.33. The molecule has 2 aromatic rings. The van der Waals surface area contributed by atoms with E-state index in [2.05, 4.69) is 43.2 Å². The summed E-state index contributed by atoms with van der Waals surface area (Å²) in [5, 5.41) is 3.77. The van der Waals surface area contributed by atoms with Crippen LogP contribution in [0, 0.1) is 0 Å². The molecule has 0 atom stereocenters. The zero-order valence-electron chi connectivity index (χ0n) is 14.6. The minimum absolute atomic E-state index is 0.0149. The molecule has 4 nitrogen and oxygen atoms in total. The molecule has 138 valence electrons. The normalized spacial score (nSPS) is 15.1. The van der Waals surface area contributed by atoms with Gasteiger partial charge in [0.25, 0.3) is 5.91 Å². The summed E-state index contributed by atoms with van der Waals surface area (Å²) in [5.74, 6) is -0.0149. The molecular weight excluding hydrogens is 414 g/mol. The van der Waals surface area contributed by atoms with E-state index in [1.807, 2.05) is 36.4 Å². The van der Waals surface area contributed by atoms with Crippen LogP contribution in [-0.2, 0) is 0 Å². The van der Waals surface area contributed by atoms with Gasteiger partial charge in [0.05, 0.1) is 0 Å². The minimum atomic E-state index is -0.0149. The molecular formula is C20H23BrClN3O. The van der Waals surface area contributed by atoms with Gasteiger partial charge in [-0.05, 0) is 55.4 Å². The molecule has 1 N–H and O–H groups in total. The fourth-order valence-electron chi connectivity index (χ4n) is 3.12. The summed E-state index contributed by atoms with van der Waals surface area (Å²) < 4.78 is 0.920. The molecule has 0 bridgehead atoms. The number of hydrogen-bond donors (Lipinski definition) is 1. The second-order valence-corrected chi connectivity index (χ2v) is 7.78. The van der Waals surface area contributed by atoms with Crippen LogP contribution in [0.2, 0.25) is 5.02 Å². The van der Waals surface area contributed by atoms with Crippen molar-refractivity contribution in [1.29, 1.82) is 0 Å². The van der Waals surface area contributed by atoms with Gasteiger partial charge >= 0.3 is 0 Å². The smallest absolute Gasteiger partial charge is 0.251 e. The number of nitrogens with one attached hydrogen (secondary N) is 1. The molecule has 3 rings (SSSR count). The molecule has 1 fully saturated rings. The number of halogens is 2. The van der Waals surface area contributed by atoms with Gasteiger partial charge in [-0.15, -0.1) is 0 Å². The van der Waals surface area contributed by atoms with Gasteiger partial charge in [0.1, 0.15) is 0 Å². The summed E-state index contributed by atoms with van der Waals surface area (Å²) in [7, 11) is 0. The van der Waals surface area contributed by atoms with Gasteiger partial charge in [0.2, 0.25) is 0 Å². The van der Waals surface area contributed by atoms with Crippen molar-refractivity contribution in [3.8, 4) is 0 Å². The molecule has 1 saturated heterocycles. The van der Waals surface area contributed by atoms with Crippen LogP contribution in [0.5, 0.6) is 0 Å². The molecule has 26 heavy (non-hydrogen) atoms. The van der Waals surface area contributed by atoms with Gasteiger partial charge < -0.3 is 10.2 Å². The van der Waals surface area contributed by atoms with Crippen molar-refractivity contribution in [2.75, 3.05) is 44.2 Å². The van der Waals surface area contributed by atoms with Crippen molar-refractivity contribution in [3.05, 3.63) is 63.6 Å². The SMILES string of the molecule is O=C(NCCCN1CCN(c2ccc(Cl)cc2)CC1)c1cccc(Br)c1. The van der Waals surface area contributed by atoms with Crippen molar-refractivity contribution in [2.45, 2.75) is 6.42 Å². The first kappa shape index (κ1) is 19.2. The van der Waals surface area contributed by atoms with E-state index >= 15 is 0 Å². The average Bonchev–Trinajstić information content (AvgIpc) is 2.66. The number of carbonyl (C=O) groups excluding carboxylic acids is 1. The van der Waals surface area contributed by atoms with Crippen molar-refractivity contribution >= 4 is 39.1 Å². The van der Waals surface area contributed by atoms with E-state index in [1.165, 1.54) is 5.69 Å². The summed E-state index contributed by atoms with van der Waals surface area (Å²) in [5.41, 5.74) is 1.92. The van der Waals surface area contributed by atoms with Crippen molar-refractivity contribution in [3.63, 3.8) is 0 Å². The number of amides is 1. The zero-order valence-corrected chi connectivity index (χ0v) is 17.0. The van der Waals surface area contributed by atoms with Gasteiger partial charge in [0.15, 0.2) is 0 Å². The second-order valence-electron chi connectivity index (χ2n) is 6.42. The summed E-state index contributed by atoms with van der Waals surface area (Å²) in [6, 6.07) is 15.5. The quantitative estimate of drug-likeness (QED) is 0.694. The van der Waals surface area contributed by atoms with Crippen molar-refractivity contribution in [1.82, 2.24) is 10.2 Å². The van der Waals surface area contributed by atoms with Crippen molar-refractivity contribution in [2.24, 2.45) is 0 Å². The highest BCUT2D eigenvalue weighted by atomic mass is 79.9. The maximum absolute atomic E-state index is 12.1. The first-order valence-corrected chi connectivity index (χ1v) is 10.1. The Morgan fingerprint density at radius 1 is 1.08 bits per heavy atom. The summed E-state index contributed by atoms with van der Waals surface area (Å²) in [4.78, 5) is 17.0. The Balaban J connectivity index is 1.35. The highest BCUT2D eigenvalue weighted by Gasteiger charge is 2.16. The van der Waals surface area contributed by atoms with E-state index in [0.717, 1.165) is 48.6 Å². The third-order valence-electron chi connectivity index (χ3n) is 4.59. The molecule has 0 aliphatic carbocycles. The molecule has 0 spiro atoms. The number of hydrogen-bond acceptors (Lipinski definition) is 3. The van der Waals surface area contributed by atoms with Gasteiger partial charge in [-0.3, -0.25) is 9.69 Å². The molecule has 0 aromatic heterocycles. The van der Waals surface area contributed by atoms with Gasteiger partial charge in [-0.1, -0.05) is 33.6 Å². The van der Waals surface area contributed by atoms with Crippen LogP contribution in [-0.4, -0.2) is 50.1 Å². The number of nitrogens with zero attached hydrogens (tertiary/aromatic N) is 2. The summed E-state index contributed by atoms with van der Waals surface area (Å²) in [6.45, 7) is 5.83. The van der Waals surface area contributed by atoms with Gasteiger partial charge in [-0.25, -0.2) is 0 Å². The van der Waals surface area contributed by atoms with Crippen molar-refractivity contribution < 1.29 is 4.79 Å². The number of rotatable bonds is 6. The highest BCUT2D eigenvalue weighted by molar-refractivity contribution is 9.10. The van der Waals surface area contributed by atoms with Crippen LogP contribution in [0.3, 0.4) is 0 Å². The number of carbonyl (C=O) groups is 1. The first-order valence-electron chi connectivity index (χ1n) is 8.88. The lowest BCUT2D eigenvalue weighted by molar-refractivity contribution is 0.0951. The fourth-order valence-corrected chi connectivity index (χ4v) is 3.64. The number of benzene rings is 2. The molecule has 0 radical (unpaired) electrons. The Morgan fingerprint density at radius 3 is 2.50 bits per heavy atom. The topological polar surface area (TPSA) is 35.6 Å². The maximum Gasteiger partial charge on any atom is 0.251 e. The van der Waals surface area contributed by atoms with Crippen LogP contribution in [0.15, 0.2) is 53.0 Å². The average molecular weight is 437 g/mol. The predicted molar refractivity (Wildman–Crippen MR) is 111 cm³/mol. The fraction of sp³-hybridized carbons (Fsp3) is 0.350. The van der Waals surface area contributed by atoms with Gasteiger partial charge in [-0.2, -0.15) is 0 Å². The summed E-state index contributed by atoms with van der Waals surface area (Å²) >= 11 is 9.35. The van der Waals surface area contributed by atoms with E-state index in [-0.39, 0.29) is 5.91 Å². The molecule has 0 unspecified atom stereocenters. The van der Waals surface area contributed by atoms with Crippen LogP contribution in [0.1, 0.15) is 16.8 Å². The summed E-state index contributed by atoms with van der Waals surface area (Å²) in [6.07, 6.45) is 0.959. The monoisotopic (exact) mass is 435 g/mol. The molecule has 1 aliphatic heterocycles. The Hall–Kier alpha value is -1.56. The van der Waals surface area contributed by atoms with E-state index in [1.54, 1.807) is 0 Å². The lowest BCUT2D eigenvalue weighted by Crippen LogP contribution is -2.47. The van der Waals surface area contributed by atoms with Gasteiger partial charge in [0, 0.05) is 53.5 Å². The molecule has 1 amide bonds. The molecule has 2 aromatic carbocycles. The Kier molecular flexibility index (Phi) is 6.94. The second kappa shape index (κ2) is 9.40. The van der Waals surface area contributed by atoms with Crippen LogP contribution in [0.25, 0.3) is 0 Å². The first-order chi connectivity index (χ1) is 12.6. The Bertz CT molecular complexity index is 730. The van der Waals surface area contributed by atoms with E-state index in [4.69, 9.17) is 11.6 Å². The predicted octanol–water partition coefficient (Wildman–Crippen LogP) is 4.04. The van der Waals surface area contributed by atoms with Crippen LogP contribution < -0.4 is 10.2 Å². The lowest BCUT2D eigenvalue weighted by Gasteiger charge is -2.36. The van der Waals surface area contributed by atoms with E-state index in [0.29, 0.717) is 12.1 Å². The standard InChI is InChI=1S/C20H23BrClN3O/c21-17-4-1-3-16(15-17)20(26)23-9-2-10-24-11-13-25(14-12-24)19-7-5-18(22)6-8-19/h1,3-8,15H,2,9-14H2,(H,23,26). The van der Waals surface area contributed by atoms with E-state index < -0.39 is 0 Å². The largest absolute Gasteiger partial charge is 0.369 e. The Morgan fingerprint density at radius 2 is 1.81 bits per heavy atom. The number of piperazine rings is 1. The third kappa shape index (κ3) is 5.47. The molecule has 0 saturated carbocycles. The van der Waals surface area contributed by atoms with Crippen LogP contribution in [0.4, 0.5) is 5.69 Å². The molecule has 1 heterocycles. The zero-order chi connectivity index (χ0) is 18.4. The Labute approximate surface area is 168 Å². The van der Waals surface area contributed by atoms with E-state index in [9.17, 15) is 4.79 Å². The molecule has 1 aliphatic rings. The highest BCUT2D eigenvalue weighted by Crippen LogP contribution is 2.19. The molecule has 6 heteroatoms. The maximum atomic E-state index is 12.1. The minimum Gasteiger partial charge on any atom is -0.369 e. The van der Waals surface area contributed by atoms with Crippen LogP contribution >= 0.6 is 27.5 Å².